The van der Waals surface area contributed by atoms with Gasteiger partial charge in [-0.2, -0.15) is 0 Å². The minimum absolute atomic E-state index is 0.0377. The molecule has 2 aromatic rings. The van der Waals surface area contributed by atoms with Gasteiger partial charge in [-0.15, -0.1) is 0 Å². The largest absolute Gasteiger partial charge is 0.490 e. The monoisotopic (exact) mass is 574 g/mol. The van der Waals surface area contributed by atoms with Gasteiger partial charge in [0.05, 0.1) is 30.8 Å². The fourth-order valence-electron chi connectivity index (χ4n) is 6.81. The zero-order valence-electron chi connectivity index (χ0n) is 21.9. The zero-order chi connectivity index (χ0) is 27.2. The van der Waals surface area contributed by atoms with Gasteiger partial charge in [0.25, 0.3) is 5.91 Å². The standard InChI is InChI=1S/C29H35ClN2O6S/c30-22-5-7-24-19(14-22)2-1-10-29(24)17-32-16-21-3-6-23(21)26(33)9-11-37-12-13-39(35,36)31-28(34)20-4-8-27(38-18-29)25(32)15-20/h4-5,7-8,14-15,21,23,26,33H,1-3,6,9-13,16-18H2,(H,31,34)/t21-,23+,26-,29-/m0/s1. The van der Waals surface area contributed by atoms with Crippen LogP contribution in [0.25, 0.3) is 0 Å². The molecule has 1 fully saturated rings. The second kappa shape index (κ2) is 10.6. The van der Waals surface area contributed by atoms with Crippen molar-refractivity contribution in [1.82, 2.24) is 4.72 Å². The van der Waals surface area contributed by atoms with Crippen LogP contribution in [0, 0.1) is 11.8 Å². The van der Waals surface area contributed by atoms with Crippen molar-refractivity contribution in [3.05, 3.63) is 58.1 Å². The number of carbonyl (C=O) groups is 1. The third-order valence-electron chi connectivity index (χ3n) is 9.03. The predicted octanol–water partition coefficient (Wildman–Crippen LogP) is 3.68. The van der Waals surface area contributed by atoms with Crippen LogP contribution in [0.4, 0.5) is 5.69 Å². The van der Waals surface area contributed by atoms with Crippen LogP contribution in [0.2, 0.25) is 5.02 Å². The van der Waals surface area contributed by atoms with E-state index in [1.807, 2.05) is 6.07 Å². The first kappa shape index (κ1) is 26.9. The highest BCUT2D eigenvalue weighted by Crippen LogP contribution is 2.46. The Morgan fingerprint density at radius 2 is 1.97 bits per heavy atom. The number of carbonyl (C=O) groups excluding carboxylic acids is 1. The number of benzene rings is 2. The fourth-order valence-corrected chi connectivity index (χ4v) is 7.84. The van der Waals surface area contributed by atoms with Crippen LogP contribution in [0.3, 0.4) is 0 Å². The highest BCUT2D eigenvalue weighted by Gasteiger charge is 2.44. The van der Waals surface area contributed by atoms with Gasteiger partial charge in [0, 0.05) is 35.7 Å². The van der Waals surface area contributed by atoms with E-state index in [1.165, 1.54) is 11.1 Å². The maximum Gasteiger partial charge on any atom is 0.264 e. The Balaban J connectivity index is 1.40. The number of fused-ring (bicyclic) bond motifs is 4. The van der Waals surface area contributed by atoms with Gasteiger partial charge < -0.3 is 19.5 Å². The molecule has 10 heteroatoms. The van der Waals surface area contributed by atoms with Gasteiger partial charge in [-0.25, -0.2) is 13.1 Å². The summed E-state index contributed by atoms with van der Waals surface area (Å²) < 4.78 is 39.2. The summed E-state index contributed by atoms with van der Waals surface area (Å²) in [5, 5.41) is 11.7. The molecular weight excluding hydrogens is 540 g/mol. The number of hydrogen-bond donors (Lipinski definition) is 2. The van der Waals surface area contributed by atoms with E-state index in [0.717, 1.165) is 42.8 Å². The van der Waals surface area contributed by atoms with Crippen molar-refractivity contribution in [2.45, 2.75) is 50.0 Å². The molecule has 1 amide bonds. The summed E-state index contributed by atoms with van der Waals surface area (Å²) in [4.78, 5) is 15.3. The molecule has 0 unspecified atom stereocenters. The van der Waals surface area contributed by atoms with Crippen LogP contribution in [0.5, 0.6) is 5.75 Å². The molecule has 39 heavy (non-hydrogen) atoms. The molecule has 1 spiro atoms. The molecule has 2 bridgehead atoms. The maximum absolute atomic E-state index is 13.0. The highest BCUT2D eigenvalue weighted by molar-refractivity contribution is 7.90. The number of aryl methyl sites for hydroxylation is 1. The number of aliphatic hydroxyl groups is 1. The minimum atomic E-state index is -3.87. The van der Waals surface area contributed by atoms with Gasteiger partial charge in [0.2, 0.25) is 10.0 Å². The number of sulfonamides is 1. The summed E-state index contributed by atoms with van der Waals surface area (Å²) >= 11 is 6.36. The molecular formula is C29H35ClN2O6S. The van der Waals surface area contributed by atoms with E-state index in [1.54, 1.807) is 18.2 Å². The Kier molecular flexibility index (Phi) is 7.29. The van der Waals surface area contributed by atoms with Gasteiger partial charge >= 0.3 is 0 Å². The average Bonchev–Trinajstić information content (AvgIpc) is 3.02. The Labute approximate surface area is 234 Å². The van der Waals surface area contributed by atoms with E-state index in [9.17, 15) is 18.3 Å². The van der Waals surface area contributed by atoms with Gasteiger partial charge in [-0.05, 0) is 91.8 Å². The number of hydrogen-bond acceptors (Lipinski definition) is 7. The Bertz CT molecular complexity index is 1370. The molecule has 1 saturated carbocycles. The first-order chi connectivity index (χ1) is 18.7. The summed E-state index contributed by atoms with van der Waals surface area (Å²) in [6.07, 6.45) is 4.88. The zero-order valence-corrected chi connectivity index (χ0v) is 23.5. The summed E-state index contributed by atoms with van der Waals surface area (Å²) in [7, 11) is -3.87. The van der Waals surface area contributed by atoms with Crippen LogP contribution >= 0.6 is 11.6 Å². The van der Waals surface area contributed by atoms with Gasteiger partial charge in [0.15, 0.2) is 0 Å². The lowest BCUT2D eigenvalue weighted by atomic mass is 9.68. The van der Waals surface area contributed by atoms with Gasteiger partial charge in [-0.3, -0.25) is 4.79 Å². The van der Waals surface area contributed by atoms with Crippen LogP contribution < -0.4 is 14.4 Å². The summed E-state index contributed by atoms with van der Waals surface area (Å²) in [6.45, 7) is 2.15. The van der Waals surface area contributed by atoms with E-state index >= 15 is 0 Å². The number of halogens is 1. The number of ether oxygens (including phenoxy) is 2. The number of aliphatic hydroxyl groups excluding tert-OH is 1. The maximum atomic E-state index is 13.0. The van der Waals surface area contributed by atoms with E-state index in [4.69, 9.17) is 21.1 Å². The lowest BCUT2D eigenvalue weighted by molar-refractivity contribution is -0.00696. The van der Waals surface area contributed by atoms with Gasteiger partial charge in [0.1, 0.15) is 5.75 Å². The number of rotatable bonds is 0. The number of anilines is 1. The van der Waals surface area contributed by atoms with Crippen LogP contribution in [0.15, 0.2) is 36.4 Å². The third kappa shape index (κ3) is 5.38. The molecule has 4 aliphatic rings. The number of nitrogens with zero attached hydrogens (tertiary/aromatic N) is 1. The van der Waals surface area contributed by atoms with Crippen molar-refractivity contribution >= 4 is 33.2 Å². The molecule has 0 aromatic heterocycles. The minimum Gasteiger partial charge on any atom is -0.490 e. The first-order valence-electron chi connectivity index (χ1n) is 13.8. The molecule has 2 aromatic carbocycles. The Morgan fingerprint density at radius 1 is 1.10 bits per heavy atom. The molecule has 2 aliphatic carbocycles. The molecule has 4 atom stereocenters. The highest BCUT2D eigenvalue weighted by atomic mass is 35.5. The van der Waals surface area contributed by atoms with Crippen molar-refractivity contribution < 1.29 is 27.8 Å². The van der Waals surface area contributed by atoms with Crippen LogP contribution in [-0.4, -0.2) is 64.2 Å². The number of amides is 1. The third-order valence-corrected chi connectivity index (χ3v) is 10.5. The fraction of sp³-hybridized carbons (Fsp3) is 0.552. The smallest absolute Gasteiger partial charge is 0.264 e. The Hall–Kier alpha value is -2.33. The molecule has 0 saturated heterocycles. The van der Waals surface area contributed by atoms with E-state index in [2.05, 4.69) is 21.8 Å². The summed E-state index contributed by atoms with van der Waals surface area (Å²) in [5.74, 6) is 0.129. The number of nitrogens with one attached hydrogen (secondary N) is 1. The topological polar surface area (TPSA) is 105 Å². The molecule has 2 N–H and O–H groups in total. The first-order valence-corrected chi connectivity index (χ1v) is 15.9. The van der Waals surface area contributed by atoms with Crippen molar-refractivity contribution in [3.63, 3.8) is 0 Å². The lowest BCUT2D eigenvalue weighted by Crippen LogP contribution is -2.49. The molecule has 210 valence electrons. The Morgan fingerprint density at radius 3 is 2.79 bits per heavy atom. The van der Waals surface area contributed by atoms with E-state index < -0.39 is 22.0 Å². The molecule has 0 radical (unpaired) electrons. The van der Waals surface area contributed by atoms with Crippen molar-refractivity contribution in [3.8, 4) is 5.75 Å². The molecule has 6 rings (SSSR count). The molecule has 2 heterocycles. The van der Waals surface area contributed by atoms with Crippen molar-refractivity contribution in [2.75, 3.05) is 43.6 Å². The van der Waals surface area contributed by atoms with Crippen molar-refractivity contribution in [2.24, 2.45) is 11.8 Å². The second-order valence-corrected chi connectivity index (χ2v) is 13.8. The normalized spacial score (nSPS) is 30.7. The predicted molar refractivity (Wildman–Crippen MR) is 149 cm³/mol. The van der Waals surface area contributed by atoms with E-state index in [0.29, 0.717) is 37.8 Å². The summed E-state index contributed by atoms with van der Waals surface area (Å²) in [6, 6.07) is 11.3. The quantitative estimate of drug-likeness (QED) is 0.494. The lowest BCUT2D eigenvalue weighted by Gasteiger charge is -2.45. The summed E-state index contributed by atoms with van der Waals surface area (Å²) in [5.41, 5.74) is 3.30. The SMILES string of the molecule is O=C1NS(=O)(=O)CCOCC[C@H](O)[C@@H]2CC[C@H]2CN2C[C@@]3(CCCc4cc(Cl)ccc43)COc3ccc1cc32. The molecule has 8 nitrogen and oxygen atoms in total. The molecule has 2 aliphatic heterocycles. The van der Waals surface area contributed by atoms with E-state index in [-0.39, 0.29) is 35.9 Å². The second-order valence-electron chi connectivity index (χ2n) is 11.5. The van der Waals surface area contributed by atoms with Crippen molar-refractivity contribution in [1.29, 1.82) is 0 Å². The van der Waals surface area contributed by atoms with Crippen LogP contribution in [0.1, 0.15) is 53.6 Å². The van der Waals surface area contributed by atoms with Gasteiger partial charge in [-0.1, -0.05) is 17.7 Å². The van der Waals surface area contributed by atoms with Crippen LogP contribution in [-0.2, 0) is 26.6 Å². The average molecular weight is 575 g/mol.